The third-order valence-corrected chi connectivity index (χ3v) is 5.84. The highest BCUT2D eigenvalue weighted by atomic mass is 32.1. The van der Waals surface area contributed by atoms with Crippen LogP contribution in [0.15, 0.2) is 42.7 Å². The summed E-state index contributed by atoms with van der Waals surface area (Å²) < 4.78 is 0. The molecule has 0 aliphatic heterocycles. The molecule has 5 rings (SSSR count). The highest BCUT2D eigenvalue weighted by Gasteiger charge is 2.23. The predicted molar refractivity (Wildman–Crippen MR) is 94.0 cm³/mol. The largest absolute Gasteiger partial charge is 0.507 e. The molecule has 0 amide bonds. The average Bonchev–Trinajstić information content (AvgIpc) is 3.15. The van der Waals surface area contributed by atoms with E-state index in [1.807, 2.05) is 24.3 Å². The zero-order valence-electron chi connectivity index (χ0n) is 12.4. The summed E-state index contributed by atoms with van der Waals surface area (Å²) in [4.78, 5) is 11.5. The van der Waals surface area contributed by atoms with Crippen molar-refractivity contribution in [1.29, 1.82) is 0 Å². The van der Waals surface area contributed by atoms with Crippen LogP contribution in [-0.2, 0) is 12.8 Å². The number of aromatic nitrogens is 2. The van der Waals surface area contributed by atoms with Crippen molar-refractivity contribution < 1.29 is 5.11 Å². The van der Waals surface area contributed by atoms with E-state index in [4.69, 9.17) is 0 Å². The molecule has 1 aliphatic rings. The Morgan fingerprint density at radius 3 is 2.87 bits per heavy atom. The van der Waals surface area contributed by atoms with E-state index in [0.29, 0.717) is 0 Å². The zero-order valence-corrected chi connectivity index (χ0v) is 13.2. The summed E-state index contributed by atoms with van der Waals surface area (Å²) in [5, 5.41) is 13.8. The molecule has 2 aromatic heterocycles. The summed E-state index contributed by atoms with van der Waals surface area (Å²) >= 11 is 1.77. The lowest BCUT2D eigenvalue weighted by Gasteiger charge is -2.10. The SMILES string of the molecule is Oc1ccc2ccccc2c1-c1ncnc2sc3c(c12)CCC3. The van der Waals surface area contributed by atoms with Crippen LogP contribution in [0.4, 0.5) is 0 Å². The molecule has 1 aliphatic carbocycles. The number of phenolic OH excluding ortho intramolecular Hbond substituents is 1. The van der Waals surface area contributed by atoms with Crippen LogP contribution < -0.4 is 0 Å². The molecule has 1 N–H and O–H groups in total. The van der Waals surface area contributed by atoms with E-state index >= 15 is 0 Å². The van der Waals surface area contributed by atoms with Crippen molar-refractivity contribution in [3.05, 3.63) is 53.2 Å². The van der Waals surface area contributed by atoms with Crippen molar-refractivity contribution in [2.45, 2.75) is 19.3 Å². The van der Waals surface area contributed by atoms with Crippen LogP contribution in [0.2, 0.25) is 0 Å². The Bertz CT molecular complexity index is 1070. The van der Waals surface area contributed by atoms with E-state index in [2.05, 4.69) is 16.0 Å². The fraction of sp³-hybridized carbons (Fsp3) is 0.158. The minimum Gasteiger partial charge on any atom is -0.507 e. The topological polar surface area (TPSA) is 46.0 Å². The lowest BCUT2D eigenvalue weighted by molar-refractivity contribution is 0.478. The van der Waals surface area contributed by atoms with Gasteiger partial charge in [-0.1, -0.05) is 30.3 Å². The van der Waals surface area contributed by atoms with E-state index in [1.165, 1.54) is 16.9 Å². The molecular formula is C19H14N2OS. The van der Waals surface area contributed by atoms with Crippen LogP contribution in [0.5, 0.6) is 5.75 Å². The second-order valence-electron chi connectivity index (χ2n) is 5.94. The van der Waals surface area contributed by atoms with Gasteiger partial charge in [-0.15, -0.1) is 11.3 Å². The number of phenols is 1. The second kappa shape index (κ2) is 4.77. The molecule has 0 bridgehead atoms. The van der Waals surface area contributed by atoms with E-state index in [9.17, 15) is 5.11 Å². The predicted octanol–water partition coefficient (Wildman–Crippen LogP) is 4.71. The number of benzene rings is 2. The van der Waals surface area contributed by atoms with E-state index in [1.54, 1.807) is 23.7 Å². The van der Waals surface area contributed by atoms with Gasteiger partial charge in [-0.05, 0) is 41.7 Å². The molecule has 4 heteroatoms. The lowest BCUT2D eigenvalue weighted by Crippen LogP contribution is -1.91. The number of nitrogens with zero attached hydrogens (tertiary/aromatic N) is 2. The van der Waals surface area contributed by atoms with Gasteiger partial charge in [-0.25, -0.2) is 9.97 Å². The third-order valence-electron chi connectivity index (χ3n) is 4.65. The van der Waals surface area contributed by atoms with Gasteiger partial charge in [-0.2, -0.15) is 0 Å². The Balaban J connectivity index is 1.94. The van der Waals surface area contributed by atoms with Crippen molar-refractivity contribution >= 4 is 32.3 Å². The summed E-state index contributed by atoms with van der Waals surface area (Å²) in [5.41, 5.74) is 3.07. The van der Waals surface area contributed by atoms with Crippen LogP contribution in [0.25, 0.3) is 32.2 Å². The molecule has 0 saturated carbocycles. The van der Waals surface area contributed by atoms with Gasteiger partial charge in [0.05, 0.1) is 11.3 Å². The molecule has 2 heterocycles. The van der Waals surface area contributed by atoms with Gasteiger partial charge < -0.3 is 5.11 Å². The molecule has 0 unspecified atom stereocenters. The van der Waals surface area contributed by atoms with Crippen LogP contribution in [0.1, 0.15) is 16.9 Å². The number of rotatable bonds is 1. The lowest BCUT2D eigenvalue weighted by atomic mass is 9.98. The first kappa shape index (κ1) is 13.0. The monoisotopic (exact) mass is 318 g/mol. The molecule has 4 aromatic rings. The van der Waals surface area contributed by atoms with Crippen molar-refractivity contribution in [2.75, 3.05) is 0 Å². The van der Waals surface area contributed by atoms with Crippen molar-refractivity contribution in [2.24, 2.45) is 0 Å². The standard InChI is InChI=1S/C19H14N2OS/c22-14-9-8-11-4-1-2-5-12(11)16(14)18-17-13-6-3-7-15(13)23-19(17)21-10-20-18/h1-2,4-5,8-10,22H,3,6-7H2. The van der Waals surface area contributed by atoms with E-state index in [0.717, 1.165) is 45.1 Å². The van der Waals surface area contributed by atoms with Crippen molar-refractivity contribution in [1.82, 2.24) is 9.97 Å². The van der Waals surface area contributed by atoms with Gasteiger partial charge in [0.15, 0.2) is 0 Å². The second-order valence-corrected chi connectivity index (χ2v) is 7.02. The maximum atomic E-state index is 10.6. The first-order valence-corrected chi connectivity index (χ1v) is 8.61. The van der Waals surface area contributed by atoms with Crippen LogP contribution in [0, 0.1) is 0 Å². The van der Waals surface area contributed by atoms with Crippen LogP contribution in [-0.4, -0.2) is 15.1 Å². The summed E-state index contributed by atoms with van der Waals surface area (Å²) in [6, 6.07) is 11.8. The van der Waals surface area contributed by atoms with Gasteiger partial charge >= 0.3 is 0 Å². The minimum absolute atomic E-state index is 0.279. The Hall–Kier alpha value is -2.46. The first-order chi connectivity index (χ1) is 11.3. The van der Waals surface area contributed by atoms with Gasteiger partial charge in [0.1, 0.15) is 16.9 Å². The number of aryl methyl sites for hydroxylation is 2. The van der Waals surface area contributed by atoms with Gasteiger partial charge in [0.2, 0.25) is 0 Å². The number of hydrogen-bond donors (Lipinski definition) is 1. The molecule has 112 valence electrons. The summed E-state index contributed by atoms with van der Waals surface area (Å²) in [5.74, 6) is 0.279. The smallest absolute Gasteiger partial charge is 0.127 e. The highest BCUT2D eigenvalue weighted by molar-refractivity contribution is 7.19. The molecule has 0 saturated heterocycles. The molecule has 3 nitrogen and oxygen atoms in total. The summed E-state index contributed by atoms with van der Waals surface area (Å²) in [6.45, 7) is 0. The van der Waals surface area contributed by atoms with Crippen molar-refractivity contribution in [3.8, 4) is 17.0 Å². The maximum Gasteiger partial charge on any atom is 0.127 e. The van der Waals surface area contributed by atoms with Gasteiger partial charge in [-0.3, -0.25) is 0 Å². The van der Waals surface area contributed by atoms with Gasteiger partial charge in [0.25, 0.3) is 0 Å². The van der Waals surface area contributed by atoms with Crippen LogP contribution in [0.3, 0.4) is 0 Å². The Labute approximate surface area is 137 Å². The van der Waals surface area contributed by atoms with Crippen LogP contribution >= 0.6 is 11.3 Å². The Morgan fingerprint density at radius 2 is 1.91 bits per heavy atom. The number of fused-ring (bicyclic) bond motifs is 4. The maximum absolute atomic E-state index is 10.6. The van der Waals surface area contributed by atoms with E-state index in [-0.39, 0.29) is 5.75 Å². The fourth-order valence-electron chi connectivity index (χ4n) is 3.63. The molecule has 0 radical (unpaired) electrons. The molecule has 0 atom stereocenters. The molecule has 0 spiro atoms. The first-order valence-electron chi connectivity index (χ1n) is 7.79. The molecular weight excluding hydrogens is 304 g/mol. The molecule has 23 heavy (non-hydrogen) atoms. The number of thiophene rings is 1. The summed E-state index contributed by atoms with van der Waals surface area (Å²) in [6.07, 6.45) is 5.04. The van der Waals surface area contributed by atoms with Gasteiger partial charge in [0, 0.05) is 10.3 Å². The number of hydrogen-bond acceptors (Lipinski definition) is 4. The zero-order chi connectivity index (χ0) is 15.4. The molecule has 0 fully saturated rings. The Morgan fingerprint density at radius 1 is 1.00 bits per heavy atom. The normalized spacial score (nSPS) is 13.7. The van der Waals surface area contributed by atoms with Crippen molar-refractivity contribution in [3.63, 3.8) is 0 Å². The quantitative estimate of drug-likeness (QED) is 0.553. The van der Waals surface area contributed by atoms with E-state index < -0.39 is 0 Å². The third kappa shape index (κ3) is 1.82. The fourth-order valence-corrected chi connectivity index (χ4v) is 4.86. The number of aromatic hydroxyl groups is 1. The Kier molecular flexibility index (Phi) is 2.70. The average molecular weight is 318 g/mol. The summed E-state index contributed by atoms with van der Waals surface area (Å²) in [7, 11) is 0. The highest BCUT2D eigenvalue weighted by Crippen LogP contribution is 2.44. The molecule has 2 aromatic carbocycles. The minimum atomic E-state index is 0.279.